The first kappa shape index (κ1) is 29.1. The van der Waals surface area contributed by atoms with Gasteiger partial charge in [-0.1, -0.05) is 18.2 Å². The second-order valence-corrected chi connectivity index (χ2v) is 9.63. The van der Waals surface area contributed by atoms with Crippen LogP contribution in [0, 0.1) is 0 Å². The molecule has 0 aliphatic carbocycles. The van der Waals surface area contributed by atoms with E-state index in [9.17, 15) is 30.9 Å². The lowest BCUT2D eigenvalue weighted by molar-refractivity contribution is -0.139. The van der Waals surface area contributed by atoms with Gasteiger partial charge in [0.25, 0.3) is 0 Å². The fourth-order valence-electron chi connectivity index (χ4n) is 3.13. The lowest BCUT2D eigenvalue weighted by Gasteiger charge is -2.24. The molecule has 0 aliphatic heterocycles. The van der Waals surface area contributed by atoms with E-state index in [0.29, 0.717) is 17.5 Å². The Bertz CT molecular complexity index is 1020. The monoisotopic (exact) mass is 529 g/mol. The van der Waals surface area contributed by atoms with Crippen molar-refractivity contribution < 1.29 is 50.0 Å². The van der Waals surface area contributed by atoms with Crippen LogP contribution < -0.4 is 10.5 Å². The van der Waals surface area contributed by atoms with E-state index in [1.807, 2.05) is 0 Å². The van der Waals surface area contributed by atoms with E-state index in [4.69, 9.17) is 20.3 Å². The molecule has 6 nitrogen and oxygen atoms in total. The van der Waals surface area contributed by atoms with E-state index < -0.39 is 43.4 Å². The summed E-state index contributed by atoms with van der Waals surface area (Å²) in [5.41, 5.74) is 3.85. The average Bonchev–Trinajstić information content (AvgIpc) is 2.73. The quantitative estimate of drug-likeness (QED) is 0.202. The molecule has 0 fully saturated rings. The highest BCUT2D eigenvalue weighted by atomic mass is 31.2. The molecule has 0 bridgehead atoms. The van der Waals surface area contributed by atoms with Crippen LogP contribution in [0.5, 0.6) is 5.75 Å². The molecule has 0 aliphatic rings. The Morgan fingerprint density at radius 1 is 0.914 bits per heavy atom. The van der Waals surface area contributed by atoms with Crippen molar-refractivity contribution in [3.63, 3.8) is 0 Å². The molecule has 4 N–H and O–H groups in total. The summed E-state index contributed by atoms with van der Waals surface area (Å²) in [5.74, 6) is -0.381. The van der Waals surface area contributed by atoms with E-state index in [2.05, 4.69) is 4.52 Å². The molecule has 196 valence electrons. The van der Waals surface area contributed by atoms with Crippen molar-refractivity contribution in [1.82, 2.24) is 0 Å². The molecular weight excluding hydrogens is 503 g/mol. The number of aryl methyl sites for hydroxylation is 2. The molecule has 13 heteroatoms. The van der Waals surface area contributed by atoms with Crippen LogP contribution in [0.25, 0.3) is 0 Å². The maximum absolute atomic E-state index is 13.6. The Morgan fingerprint density at radius 2 is 1.51 bits per heavy atom. The molecule has 0 heterocycles. The van der Waals surface area contributed by atoms with Gasteiger partial charge in [0.15, 0.2) is 0 Å². The van der Waals surface area contributed by atoms with Crippen LogP contribution in [0.15, 0.2) is 42.5 Å². The van der Waals surface area contributed by atoms with Crippen LogP contribution in [-0.2, 0) is 34.3 Å². The first-order valence-electron chi connectivity index (χ1n) is 10.4. The highest BCUT2D eigenvalue weighted by Gasteiger charge is 2.35. The summed E-state index contributed by atoms with van der Waals surface area (Å²) < 4.78 is 99.0. The number of hydrogen-bond acceptors (Lipinski definition) is 4. The van der Waals surface area contributed by atoms with Crippen molar-refractivity contribution in [3.05, 3.63) is 64.7 Å². The van der Waals surface area contributed by atoms with Crippen molar-refractivity contribution in [2.45, 2.75) is 50.5 Å². The molecule has 0 radical (unpaired) electrons. The number of alkyl halides is 6. The third kappa shape index (κ3) is 10.2. The molecule has 0 aromatic heterocycles. The molecule has 0 amide bonds. The van der Waals surface area contributed by atoms with Crippen molar-refractivity contribution in [2.75, 3.05) is 13.2 Å². The smallest absolute Gasteiger partial charge is 0.469 e. The molecule has 0 spiro atoms. The Hall–Kier alpha value is -2.11. The number of halogens is 6. The van der Waals surface area contributed by atoms with E-state index in [1.165, 1.54) is 31.2 Å². The molecule has 35 heavy (non-hydrogen) atoms. The molecular formula is C22H26F6NO5P. The fraction of sp³-hybridized carbons (Fsp3) is 0.455. The summed E-state index contributed by atoms with van der Waals surface area (Å²) in [6, 6.07) is 8.05. The lowest BCUT2D eigenvalue weighted by atomic mass is 9.94. The van der Waals surface area contributed by atoms with Gasteiger partial charge in [-0.15, -0.1) is 0 Å². The zero-order chi connectivity index (χ0) is 26.5. The van der Waals surface area contributed by atoms with Crippen molar-refractivity contribution in [1.29, 1.82) is 0 Å². The third-order valence-corrected chi connectivity index (χ3v) is 5.51. The van der Waals surface area contributed by atoms with E-state index >= 15 is 0 Å². The van der Waals surface area contributed by atoms with Crippen LogP contribution in [-0.4, -0.2) is 28.5 Å². The Labute approximate surface area is 198 Å². The van der Waals surface area contributed by atoms with Gasteiger partial charge in [-0.3, -0.25) is 4.52 Å². The predicted octanol–water partition coefficient (Wildman–Crippen LogP) is 5.50. The normalized spacial score (nSPS) is 14.6. The zero-order valence-corrected chi connectivity index (χ0v) is 19.6. The SMILES string of the molecule is C[C@](N)(CCc1ccc(OCCCc2ccc(C(F)(F)F)cc2)c(C(F)(F)F)c1)COP(=O)(O)O. The minimum absolute atomic E-state index is 0.0793. The molecule has 2 rings (SSSR count). The number of nitrogens with two attached hydrogens (primary N) is 1. The van der Waals surface area contributed by atoms with Gasteiger partial charge in [0.05, 0.1) is 24.3 Å². The standard InChI is InChI=1S/C22H26F6NO5P/c1-20(29,14-34-35(30,31)32)11-10-16-6-9-19(18(13-16)22(26,27)28)33-12-2-3-15-4-7-17(8-5-15)21(23,24)25/h4-9,13H,2-3,10-12,14,29H2,1H3,(H2,30,31,32)/t20-/m0/s1. The third-order valence-electron chi connectivity index (χ3n) is 5.05. The van der Waals surface area contributed by atoms with Gasteiger partial charge in [0, 0.05) is 5.54 Å². The first-order valence-corrected chi connectivity index (χ1v) is 12.0. The molecule has 2 aromatic carbocycles. The number of benzene rings is 2. The molecule has 2 aromatic rings. The lowest BCUT2D eigenvalue weighted by Crippen LogP contribution is -2.41. The highest BCUT2D eigenvalue weighted by Crippen LogP contribution is 2.38. The maximum Gasteiger partial charge on any atom is 0.469 e. The predicted molar refractivity (Wildman–Crippen MR) is 116 cm³/mol. The minimum Gasteiger partial charge on any atom is -0.493 e. The summed E-state index contributed by atoms with van der Waals surface area (Å²) in [6.07, 6.45) is -8.35. The molecule has 1 atom stereocenters. The molecule has 0 unspecified atom stereocenters. The van der Waals surface area contributed by atoms with E-state index in [-0.39, 0.29) is 31.6 Å². The maximum atomic E-state index is 13.6. The fourth-order valence-corrected chi connectivity index (χ4v) is 3.60. The van der Waals surface area contributed by atoms with Gasteiger partial charge in [-0.05, 0) is 68.0 Å². The Kier molecular flexibility index (Phi) is 9.40. The molecule has 0 saturated carbocycles. The molecule has 0 saturated heterocycles. The van der Waals surface area contributed by atoms with Crippen molar-refractivity contribution >= 4 is 7.82 Å². The summed E-state index contributed by atoms with van der Waals surface area (Å²) >= 11 is 0. The van der Waals surface area contributed by atoms with Gasteiger partial charge in [0.2, 0.25) is 0 Å². The number of rotatable bonds is 11. The number of hydrogen-bond donors (Lipinski definition) is 3. The first-order chi connectivity index (χ1) is 16.0. The van der Waals surface area contributed by atoms with Gasteiger partial charge < -0.3 is 20.3 Å². The van der Waals surface area contributed by atoms with Crippen LogP contribution >= 0.6 is 7.82 Å². The summed E-state index contributed by atoms with van der Waals surface area (Å²) in [5, 5.41) is 0. The van der Waals surface area contributed by atoms with E-state index in [0.717, 1.165) is 18.2 Å². The van der Waals surface area contributed by atoms with Crippen LogP contribution in [0.3, 0.4) is 0 Å². The van der Waals surface area contributed by atoms with Gasteiger partial charge in [-0.2, -0.15) is 26.3 Å². The van der Waals surface area contributed by atoms with Gasteiger partial charge in [-0.25, -0.2) is 4.57 Å². The number of ether oxygens (including phenoxy) is 1. The van der Waals surface area contributed by atoms with E-state index in [1.54, 1.807) is 0 Å². The van der Waals surface area contributed by atoms with Gasteiger partial charge >= 0.3 is 20.2 Å². The minimum atomic E-state index is -4.73. The topological polar surface area (TPSA) is 102 Å². The summed E-state index contributed by atoms with van der Waals surface area (Å²) in [6.45, 7) is 0.898. The van der Waals surface area contributed by atoms with Crippen LogP contribution in [0.4, 0.5) is 26.3 Å². The second-order valence-electron chi connectivity index (χ2n) is 8.39. The Morgan fingerprint density at radius 3 is 2.06 bits per heavy atom. The second kappa shape index (κ2) is 11.3. The van der Waals surface area contributed by atoms with Crippen molar-refractivity contribution in [3.8, 4) is 5.75 Å². The number of phosphoric acid groups is 1. The summed E-state index contributed by atoms with van der Waals surface area (Å²) in [7, 11) is -4.73. The van der Waals surface area contributed by atoms with Crippen LogP contribution in [0.1, 0.15) is 42.0 Å². The summed E-state index contributed by atoms with van der Waals surface area (Å²) in [4.78, 5) is 17.5. The van der Waals surface area contributed by atoms with Gasteiger partial charge in [0.1, 0.15) is 5.75 Å². The number of phosphoric ester groups is 1. The average molecular weight is 529 g/mol. The Balaban J connectivity index is 1.97. The largest absolute Gasteiger partial charge is 0.493 e. The van der Waals surface area contributed by atoms with Crippen molar-refractivity contribution in [2.24, 2.45) is 5.73 Å². The van der Waals surface area contributed by atoms with Crippen LogP contribution in [0.2, 0.25) is 0 Å². The zero-order valence-electron chi connectivity index (χ0n) is 18.7. The highest BCUT2D eigenvalue weighted by molar-refractivity contribution is 7.46.